The van der Waals surface area contributed by atoms with Gasteiger partial charge in [0.25, 0.3) is 0 Å². The van der Waals surface area contributed by atoms with E-state index in [0.717, 1.165) is 17.8 Å². The van der Waals surface area contributed by atoms with Crippen LogP contribution in [0.3, 0.4) is 0 Å². The number of anilines is 2. The number of para-hydroxylation sites is 1. The van der Waals surface area contributed by atoms with Gasteiger partial charge in [0.05, 0.1) is 23.1 Å². The van der Waals surface area contributed by atoms with Crippen molar-refractivity contribution < 1.29 is 24.6 Å². The number of aromatic carboxylic acids is 1. The molecule has 1 aromatic carbocycles. The number of carbonyl (C=O) groups is 3. The Hall–Kier alpha value is -3.68. The van der Waals surface area contributed by atoms with E-state index in [4.69, 9.17) is 10.2 Å². The lowest BCUT2D eigenvalue weighted by Gasteiger charge is -2.14. The first-order valence-corrected chi connectivity index (χ1v) is 7.43. The summed E-state index contributed by atoms with van der Waals surface area (Å²) in [7, 11) is 3.64. The van der Waals surface area contributed by atoms with Gasteiger partial charge in [-0.05, 0) is 24.3 Å². The maximum absolute atomic E-state index is 11.0. The number of aromatic nitrogens is 1. The molecule has 0 fully saturated rings. The molecule has 0 saturated heterocycles. The number of nitrogens with one attached hydrogen (secondary N) is 1. The second kappa shape index (κ2) is 10.2. The summed E-state index contributed by atoms with van der Waals surface area (Å²) in [6.07, 6.45) is 4.75. The molecule has 2 rings (SSSR count). The van der Waals surface area contributed by atoms with Crippen molar-refractivity contribution in [2.24, 2.45) is 0 Å². The van der Waals surface area contributed by atoms with Gasteiger partial charge in [0.2, 0.25) is 5.91 Å². The van der Waals surface area contributed by atoms with Gasteiger partial charge in [-0.3, -0.25) is 9.78 Å². The largest absolute Gasteiger partial charge is 0.478 e. The molecule has 1 aromatic heterocycles. The summed E-state index contributed by atoms with van der Waals surface area (Å²) < 4.78 is 0. The number of benzene rings is 1. The van der Waals surface area contributed by atoms with Crippen LogP contribution in [0.25, 0.3) is 0 Å². The van der Waals surface area contributed by atoms with E-state index in [2.05, 4.69) is 10.3 Å². The second-order valence-corrected chi connectivity index (χ2v) is 5.12. The fourth-order valence-corrected chi connectivity index (χ4v) is 1.81. The van der Waals surface area contributed by atoms with Gasteiger partial charge in [0.15, 0.2) is 0 Å². The Morgan fingerprint density at radius 2 is 1.73 bits per heavy atom. The number of carboxylic acid groups (broad SMARTS) is 2. The average molecular weight is 357 g/mol. The molecule has 0 atom stereocenters. The molecular weight excluding hydrogens is 338 g/mol. The SMILES string of the molecule is CN(C)c1ccccc1C(=O)O.O=C(O)/C=C\C(=O)Nc1cccnc1. The first kappa shape index (κ1) is 20.4. The Morgan fingerprint density at radius 1 is 1.04 bits per heavy atom. The van der Waals surface area contributed by atoms with Gasteiger partial charge in [-0.2, -0.15) is 0 Å². The smallest absolute Gasteiger partial charge is 0.337 e. The van der Waals surface area contributed by atoms with Crippen molar-refractivity contribution in [1.82, 2.24) is 4.98 Å². The molecule has 8 nitrogen and oxygen atoms in total. The third-order valence-electron chi connectivity index (χ3n) is 2.92. The van der Waals surface area contributed by atoms with Crippen LogP contribution in [0, 0.1) is 0 Å². The van der Waals surface area contributed by atoms with Gasteiger partial charge in [-0.15, -0.1) is 0 Å². The number of rotatable bonds is 5. The van der Waals surface area contributed by atoms with Crippen LogP contribution in [0.5, 0.6) is 0 Å². The highest BCUT2D eigenvalue weighted by molar-refractivity contribution is 6.02. The fraction of sp³-hybridized carbons (Fsp3) is 0.111. The second-order valence-electron chi connectivity index (χ2n) is 5.12. The summed E-state index contributed by atoms with van der Waals surface area (Å²) in [5.41, 5.74) is 1.58. The molecule has 0 aliphatic heterocycles. The van der Waals surface area contributed by atoms with Crippen molar-refractivity contribution in [2.75, 3.05) is 24.3 Å². The van der Waals surface area contributed by atoms with Crippen molar-refractivity contribution in [2.45, 2.75) is 0 Å². The molecule has 136 valence electrons. The number of hydrogen-bond acceptors (Lipinski definition) is 5. The summed E-state index contributed by atoms with van der Waals surface area (Å²) in [5, 5.41) is 19.5. The Bertz CT molecular complexity index is 788. The molecule has 3 N–H and O–H groups in total. The summed E-state index contributed by atoms with van der Waals surface area (Å²) >= 11 is 0. The van der Waals surface area contributed by atoms with Gasteiger partial charge in [0.1, 0.15) is 0 Å². The number of pyridine rings is 1. The topological polar surface area (TPSA) is 120 Å². The van der Waals surface area contributed by atoms with Crippen LogP contribution in [0.4, 0.5) is 11.4 Å². The molecule has 0 unspecified atom stereocenters. The van der Waals surface area contributed by atoms with Gasteiger partial charge >= 0.3 is 11.9 Å². The zero-order valence-corrected chi connectivity index (χ0v) is 14.3. The lowest BCUT2D eigenvalue weighted by Crippen LogP contribution is -2.13. The fourth-order valence-electron chi connectivity index (χ4n) is 1.81. The van der Waals surface area contributed by atoms with E-state index in [-0.39, 0.29) is 0 Å². The molecule has 0 aliphatic rings. The third-order valence-corrected chi connectivity index (χ3v) is 2.92. The quantitative estimate of drug-likeness (QED) is 0.701. The van der Waals surface area contributed by atoms with E-state index in [9.17, 15) is 14.4 Å². The van der Waals surface area contributed by atoms with E-state index in [0.29, 0.717) is 11.3 Å². The maximum Gasteiger partial charge on any atom is 0.337 e. The van der Waals surface area contributed by atoms with Crippen molar-refractivity contribution in [3.63, 3.8) is 0 Å². The lowest BCUT2D eigenvalue weighted by molar-refractivity contribution is -0.131. The van der Waals surface area contributed by atoms with Gasteiger partial charge < -0.3 is 20.4 Å². The highest BCUT2D eigenvalue weighted by Crippen LogP contribution is 2.17. The van der Waals surface area contributed by atoms with Crippen LogP contribution < -0.4 is 10.2 Å². The molecule has 2 aromatic rings. The molecule has 1 amide bonds. The van der Waals surface area contributed by atoms with Crippen LogP contribution in [-0.4, -0.2) is 47.1 Å². The van der Waals surface area contributed by atoms with Crippen LogP contribution in [0.1, 0.15) is 10.4 Å². The first-order valence-electron chi connectivity index (χ1n) is 7.43. The molecule has 0 radical (unpaired) electrons. The summed E-state index contributed by atoms with van der Waals surface area (Å²) in [5.74, 6) is -2.55. The maximum atomic E-state index is 11.0. The molecule has 0 aliphatic carbocycles. The number of hydrogen-bond donors (Lipinski definition) is 3. The zero-order valence-electron chi connectivity index (χ0n) is 14.3. The Kier molecular flexibility index (Phi) is 8.02. The van der Waals surface area contributed by atoms with Crippen molar-refractivity contribution in [1.29, 1.82) is 0 Å². The standard InChI is InChI=1S/C9H8N2O3.C9H11NO2/c12-8(3-4-9(13)14)11-7-2-1-5-10-6-7;1-10(2)8-6-4-3-5-7(8)9(11)12/h1-6H,(H,11,12)(H,13,14);3-6H,1-2H3,(H,11,12)/b4-3-;. The Labute approximate surface area is 150 Å². The Morgan fingerprint density at radius 3 is 2.23 bits per heavy atom. The minimum absolute atomic E-state index is 0.336. The molecular formula is C18H19N3O5. The summed E-state index contributed by atoms with van der Waals surface area (Å²) in [6, 6.07) is 10.2. The number of amides is 1. The van der Waals surface area contributed by atoms with E-state index < -0.39 is 17.8 Å². The van der Waals surface area contributed by atoms with E-state index in [1.807, 2.05) is 20.2 Å². The third kappa shape index (κ3) is 7.26. The molecule has 8 heteroatoms. The van der Waals surface area contributed by atoms with Crippen molar-refractivity contribution in [3.05, 3.63) is 66.5 Å². The lowest BCUT2D eigenvalue weighted by atomic mass is 10.2. The molecule has 1 heterocycles. The monoisotopic (exact) mass is 357 g/mol. The summed E-state index contributed by atoms with van der Waals surface area (Å²) in [6.45, 7) is 0. The van der Waals surface area contributed by atoms with Gasteiger partial charge in [-0.25, -0.2) is 9.59 Å². The number of carbonyl (C=O) groups excluding carboxylic acids is 1. The van der Waals surface area contributed by atoms with Crippen molar-refractivity contribution in [3.8, 4) is 0 Å². The Balaban J connectivity index is 0.000000263. The minimum atomic E-state index is -1.16. The van der Waals surface area contributed by atoms with Crippen LogP contribution >= 0.6 is 0 Å². The zero-order chi connectivity index (χ0) is 19.5. The summed E-state index contributed by atoms with van der Waals surface area (Å²) in [4.78, 5) is 37.4. The highest BCUT2D eigenvalue weighted by Gasteiger charge is 2.09. The van der Waals surface area contributed by atoms with Crippen LogP contribution in [-0.2, 0) is 9.59 Å². The predicted octanol–water partition coefficient (Wildman–Crippen LogP) is 2.11. The van der Waals surface area contributed by atoms with E-state index in [1.54, 1.807) is 41.4 Å². The minimum Gasteiger partial charge on any atom is -0.478 e. The van der Waals surface area contributed by atoms with Gasteiger partial charge in [0, 0.05) is 32.4 Å². The number of nitrogens with zero attached hydrogens (tertiary/aromatic N) is 2. The number of aliphatic carboxylic acids is 1. The number of carboxylic acids is 2. The first-order chi connectivity index (χ1) is 12.3. The normalized spacial score (nSPS) is 9.77. The molecule has 0 bridgehead atoms. The highest BCUT2D eigenvalue weighted by atomic mass is 16.4. The predicted molar refractivity (Wildman–Crippen MR) is 97.4 cm³/mol. The molecule has 26 heavy (non-hydrogen) atoms. The molecule has 0 spiro atoms. The van der Waals surface area contributed by atoms with Crippen molar-refractivity contribution >= 4 is 29.2 Å². The van der Waals surface area contributed by atoms with Gasteiger partial charge in [-0.1, -0.05) is 12.1 Å². The average Bonchev–Trinajstić information content (AvgIpc) is 2.61. The van der Waals surface area contributed by atoms with E-state index in [1.165, 1.54) is 6.20 Å². The van der Waals surface area contributed by atoms with Crippen LogP contribution in [0.15, 0.2) is 60.9 Å². The van der Waals surface area contributed by atoms with Crippen LogP contribution in [0.2, 0.25) is 0 Å². The van der Waals surface area contributed by atoms with E-state index >= 15 is 0 Å². The molecule has 0 saturated carbocycles.